The van der Waals surface area contributed by atoms with Crippen LogP contribution in [0.4, 0.5) is 0 Å². The maximum absolute atomic E-state index is 12.8. The molecule has 5 heteroatoms. The number of carbonyl (C=O) groups excluding carboxylic acids is 1. The van der Waals surface area contributed by atoms with Gasteiger partial charge in [0, 0.05) is 10.8 Å². The van der Waals surface area contributed by atoms with Gasteiger partial charge in [-0.25, -0.2) is 0 Å². The number of alkyl halides is 1. The Bertz CT molecular complexity index is 673. The van der Waals surface area contributed by atoms with Crippen molar-refractivity contribution in [2.45, 2.75) is 45.4 Å². The van der Waals surface area contributed by atoms with E-state index in [2.05, 4.69) is 13.0 Å². The van der Waals surface area contributed by atoms with Crippen molar-refractivity contribution in [2.75, 3.05) is 6.61 Å². The molecule has 0 amide bonds. The van der Waals surface area contributed by atoms with Crippen molar-refractivity contribution in [3.8, 4) is 0 Å². The second kappa shape index (κ2) is 5.10. The van der Waals surface area contributed by atoms with Crippen molar-refractivity contribution in [3.63, 3.8) is 0 Å². The molecule has 138 valence electrons. The molecule has 0 radical (unpaired) electrons. The van der Waals surface area contributed by atoms with Crippen LogP contribution < -0.4 is 0 Å². The molecule has 3 unspecified atom stereocenters. The van der Waals surface area contributed by atoms with Crippen molar-refractivity contribution in [1.82, 2.24) is 0 Å². The number of hydrogen-bond acceptors (Lipinski definition) is 3. The molecule has 4 aliphatic carbocycles. The molecule has 3 saturated carbocycles. The number of rotatable bonds is 4. The van der Waals surface area contributed by atoms with E-state index < -0.39 is 22.2 Å². The van der Waals surface area contributed by atoms with Gasteiger partial charge in [-0.15, -0.1) is 11.6 Å². The Labute approximate surface area is 153 Å². The maximum atomic E-state index is 12.8. The Morgan fingerprint density at radius 3 is 2.64 bits per heavy atom. The third-order valence-corrected chi connectivity index (χ3v) is 9.04. The lowest BCUT2D eigenvalue weighted by Gasteiger charge is -2.58. The van der Waals surface area contributed by atoms with Crippen LogP contribution in [0.5, 0.6) is 0 Å². The molecule has 0 aromatic carbocycles. The molecule has 4 rings (SSSR count). The summed E-state index contributed by atoms with van der Waals surface area (Å²) in [6.07, 6.45) is 4.91. The van der Waals surface area contributed by atoms with E-state index in [9.17, 15) is 19.8 Å². The number of hydrogen-bond donors (Lipinski definition) is 2. The Morgan fingerprint density at radius 2 is 2.12 bits per heavy atom. The molecule has 4 nitrogen and oxygen atoms in total. The number of aldehydes is 1. The predicted octanol–water partition coefficient (Wildman–Crippen LogP) is 3.12. The Balaban J connectivity index is 2.02. The Morgan fingerprint density at radius 1 is 1.44 bits per heavy atom. The molecular formula is C20H27ClO4. The molecule has 0 aliphatic heterocycles. The smallest absolute Gasteiger partial charge is 0.315 e. The van der Waals surface area contributed by atoms with Gasteiger partial charge in [0.05, 0.1) is 12.0 Å². The van der Waals surface area contributed by atoms with Gasteiger partial charge in [-0.05, 0) is 48.9 Å². The highest BCUT2D eigenvalue weighted by Crippen LogP contribution is 2.82. The minimum absolute atomic E-state index is 0.00859. The van der Waals surface area contributed by atoms with E-state index in [4.69, 9.17) is 11.6 Å². The van der Waals surface area contributed by atoms with Gasteiger partial charge in [0.1, 0.15) is 11.7 Å². The molecule has 4 aliphatic rings. The van der Waals surface area contributed by atoms with E-state index in [1.807, 2.05) is 13.8 Å². The van der Waals surface area contributed by atoms with Crippen molar-refractivity contribution < 1.29 is 19.8 Å². The van der Waals surface area contributed by atoms with E-state index >= 15 is 0 Å². The normalized spacial score (nSPS) is 53.0. The summed E-state index contributed by atoms with van der Waals surface area (Å²) >= 11 is 6.57. The fraction of sp³-hybridized carbons (Fsp3) is 0.800. The lowest BCUT2D eigenvalue weighted by atomic mass is 9.43. The van der Waals surface area contributed by atoms with E-state index in [-0.39, 0.29) is 41.6 Å². The number of allylic oxidation sites excluding steroid dienone is 1. The van der Waals surface area contributed by atoms with Crippen LogP contribution in [0.15, 0.2) is 11.6 Å². The molecule has 2 N–H and O–H groups in total. The van der Waals surface area contributed by atoms with Gasteiger partial charge >= 0.3 is 5.97 Å². The van der Waals surface area contributed by atoms with Crippen molar-refractivity contribution in [1.29, 1.82) is 0 Å². The fourth-order valence-electron chi connectivity index (χ4n) is 7.60. The molecular weight excluding hydrogens is 340 g/mol. The summed E-state index contributed by atoms with van der Waals surface area (Å²) in [5.41, 5.74) is -2.14. The third kappa shape index (κ3) is 1.57. The standard InChI is InChI=1S/C20H27ClO4/c1-10(2)14-4-12-6-19(9-23)15-5-16(21)11(3)13(15)7-18(12,8-22)20(14,19)17(24)25/h4,9-13,15-16,22H,5-8H2,1-3H3,(H,24,25)/t11-,12+,13?,15?,16+,18?,19-,20-/m0/s1. The van der Waals surface area contributed by atoms with Gasteiger partial charge in [0.15, 0.2) is 0 Å². The molecule has 0 aromatic rings. The molecule has 0 saturated heterocycles. The van der Waals surface area contributed by atoms with Crippen LogP contribution >= 0.6 is 11.6 Å². The van der Waals surface area contributed by atoms with E-state index in [1.165, 1.54) is 0 Å². The third-order valence-electron chi connectivity index (χ3n) is 8.46. The van der Waals surface area contributed by atoms with Crippen LogP contribution in [0.1, 0.15) is 40.0 Å². The first-order valence-electron chi connectivity index (χ1n) is 9.40. The summed E-state index contributed by atoms with van der Waals surface area (Å²) in [7, 11) is 0. The second-order valence-corrected chi connectivity index (χ2v) is 9.76. The first kappa shape index (κ1) is 17.5. The maximum Gasteiger partial charge on any atom is 0.315 e. The first-order valence-corrected chi connectivity index (χ1v) is 9.84. The number of aliphatic hydroxyl groups excluding tert-OH is 1. The van der Waals surface area contributed by atoms with Gasteiger partial charge < -0.3 is 15.0 Å². The predicted molar refractivity (Wildman–Crippen MR) is 94.1 cm³/mol. The quantitative estimate of drug-likeness (QED) is 0.455. The number of halogens is 1. The lowest BCUT2D eigenvalue weighted by molar-refractivity contribution is -0.184. The molecule has 0 spiro atoms. The van der Waals surface area contributed by atoms with Gasteiger partial charge in [0.25, 0.3) is 0 Å². The van der Waals surface area contributed by atoms with Crippen LogP contribution in [0.2, 0.25) is 0 Å². The fourth-order valence-corrected chi connectivity index (χ4v) is 7.98. The zero-order chi connectivity index (χ0) is 18.4. The number of aliphatic carboxylic acids is 1. The van der Waals surface area contributed by atoms with Gasteiger partial charge in [-0.1, -0.05) is 32.4 Å². The summed E-state index contributed by atoms with van der Waals surface area (Å²) in [4.78, 5) is 25.5. The number of aliphatic hydroxyl groups is 1. The summed E-state index contributed by atoms with van der Waals surface area (Å²) in [6, 6.07) is 0. The van der Waals surface area contributed by atoms with E-state index in [0.29, 0.717) is 19.3 Å². The first-order chi connectivity index (χ1) is 11.7. The zero-order valence-electron chi connectivity index (χ0n) is 15.0. The van der Waals surface area contributed by atoms with E-state index in [1.54, 1.807) is 0 Å². The molecule has 3 fully saturated rings. The molecule has 0 heterocycles. The van der Waals surface area contributed by atoms with Crippen molar-refractivity contribution in [2.24, 2.45) is 45.8 Å². The van der Waals surface area contributed by atoms with Crippen LogP contribution in [-0.4, -0.2) is 34.5 Å². The van der Waals surface area contributed by atoms with Crippen LogP contribution in [0.3, 0.4) is 0 Å². The van der Waals surface area contributed by atoms with Crippen molar-refractivity contribution in [3.05, 3.63) is 11.6 Å². The number of carboxylic acid groups (broad SMARTS) is 1. The SMILES string of the molecule is CC(C)C1=C[C@@H]2C[C@]3(C=O)C4C[C@@H](Cl)[C@@H](C)C4CC2(CO)[C@@]13C(=O)O. The number of carbonyl (C=O) groups is 2. The average molecular weight is 367 g/mol. The van der Waals surface area contributed by atoms with Crippen LogP contribution in [0.25, 0.3) is 0 Å². The Hall–Kier alpha value is -0.870. The topological polar surface area (TPSA) is 74.6 Å². The highest BCUT2D eigenvalue weighted by molar-refractivity contribution is 6.21. The molecule has 0 aromatic heterocycles. The van der Waals surface area contributed by atoms with Gasteiger partial charge in [0.2, 0.25) is 0 Å². The molecule has 4 bridgehead atoms. The van der Waals surface area contributed by atoms with Crippen LogP contribution in [0, 0.1) is 45.8 Å². The molecule has 25 heavy (non-hydrogen) atoms. The number of carboxylic acids is 1. The highest BCUT2D eigenvalue weighted by atomic mass is 35.5. The van der Waals surface area contributed by atoms with Gasteiger partial charge in [-0.3, -0.25) is 4.79 Å². The summed E-state index contributed by atoms with van der Waals surface area (Å²) < 4.78 is 0. The summed E-state index contributed by atoms with van der Waals surface area (Å²) in [5.74, 6) is -0.500. The lowest BCUT2D eigenvalue weighted by Crippen LogP contribution is -2.63. The Kier molecular flexibility index (Phi) is 3.58. The largest absolute Gasteiger partial charge is 0.481 e. The second-order valence-electron chi connectivity index (χ2n) is 9.20. The van der Waals surface area contributed by atoms with E-state index in [0.717, 1.165) is 11.9 Å². The van der Waals surface area contributed by atoms with Gasteiger partial charge in [-0.2, -0.15) is 0 Å². The van der Waals surface area contributed by atoms with Crippen LogP contribution in [-0.2, 0) is 9.59 Å². The molecule has 8 atom stereocenters. The minimum Gasteiger partial charge on any atom is -0.481 e. The average Bonchev–Trinajstić information content (AvgIpc) is 3.09. The highest BCUT2D eigenvalue weighted by Gasteiger charge is 2.84. The number of fused-ring (bicyclic) bond motifs is 2. The zero-order valence-corrected chi connectivity index (χ0v) is 15.8. The van der Waals surface area contributed by atoms with Crippen molar-refractivity contribution >= 4 is 23.9 Å². The monoisotopic (exact) mass is 366 g/mol. The summed E-state index contributed by atoms with van der Waals surface area (Å²) in [6.45, 7) is 5.92. The minimum atomic E-state index is -1.28. The summed E-state index contributed by atoms with van der Waals surface area (Å²) in [5, 5.41) is 21.0.